The van der Waals surface area contributed by atoms with E-state index in [-0.39, 0.29) is 17.1 Å². The molecule has 3 nitrogen and oxygen atoms in total. The number of amides is 2. The van der Waals surface area contributed by atoms with Crippen LogP contribution in [0.2, 0.25) is 0 Å². The van der Waals surface area contributed by atoms with Gasteiger partial charge in [0.05, 0.1) is 5.25 Å². The summed E-state index contributed by atoms with van der Waals surface area (Å²) in [6, 6.07) is 0. The van der Waals surface area contributed by atoms with E-state index < -0.39 is 0 Å². The van der Waals surface area contributed by atoms with Crippen LogP contribution in [0.3, 0.4) is 0 Å². The first-order chi connectivity index (χ1) is 7.24. The molecule has 1 atom stereocenters. The highest BCUT2D eigenvalue weighted by molar-refractivity contribution is 8.76. The molecule has 0 aliphatic carbocycles. The second-order valence-corrected chi connectivity index (χ2v) is 7.24. The Kier molecular flexibility index (Phi) is 6.59. The molecule has 0 aromatic heterocycles. The van der Waals surface area contributed by atoms with Crippen molar-refractivity contribution in [3.05, 3.63) is 0 Å². The molecule has 0 aromatic carbocycles. The number of hydrogen-bond donors (Lipinski definition) is 1. The number of hydrogen-bond acceptors (Lipinski definition) is 5. The van der Waals surface area contributed by atoms with Gasteiger partial charge in [-0.2, -0.15) is 0 Å². The van der Waals surface area contributed by atoms with E-state index in [0.717, 1.165) is 23.7 Å². The zero-order chi connectivity index (χ0) is 11.1. The van der Waals surface area contributed by atoms with E-state index in [1.54, 1.807) is 11.8 Å². The fourth-order valence-corrected chi connectivity index (χ4v) is 4.16. The van der Waals surface area contributed by atoms with Crippen molar-refractivity contribution in [2.45, 2.75) is 25.0 Å². The number of carbonyl (C=O) groups is 2. The molecular formula is C9H15NO2S3. The summed E-state index contributed by atoms with van der Waals surface area (Å²) < 4.78 is 0. The summed E-state index contributed by atoms with van der Waals surface area (Å²) in [6.07, 6.45) is 1.46. The van der Waals surface area contributed by atoms with E-state index in [2.05, 4.69) is 12.2 Å². The lowest BCUT2D eigenvalue weighted by atomic mass is 10.4. The Morgan fingerprint density at radius 2 is 2.13 bits per heavy atom. The van der Waals surface area contributed by atoms with Gasteiger partial charge in [-0.05, 0) is 12.2 Å². The quantitative estimate of drug-likeness (QED) is 0.433. The van der Waals surface area contributed by atoms with E-state index >= 15 is 0 Å². The second-order valence-electron chi connectivity index (χ2n) is 3.06. The monoisotopic (exact) mass is 265 g/mol. The molecule has 1 N–H and O–H groups in total. The topological polar surface area (TPSA) is 46.2 Å². The first-order valence-electron chi connectivity index (χ1n) is 4.93. The molecule has 1 fully saturated rings. The number of carbonyl (C=O) groups excluding carboxylic acids is 2. The molecule has 0 radical (unpaired) electrons. The molecule has 0 saturated carbocycles. The van der Waals surface area contributed by atoms with Crippen molar-refractivity contribution in [1.82, 2.24) is 5.32 Å². The van der Waals surface area contributed by atoms with E-state index in [9.17, 15) is 9.59 Å². The molecule has 2 amide bonds. The maximum atomic E-state index is 11.2. The molecular weight excluding hydrogens is 250 g/mol. The van der Waals surface area contributed by atoms with Crippen molar-refractivity contribution in [3.8, 4) is 0 Å². The van der Waals surface area contributed by atoms with Gasteiger partial charge in [-0.1, -0.05) is 28.5 Å². The summed E-state index contributed by atoms with van der Waals surface area (Å²) in [7, 11) is 3.74. The molecule has 86 valence electrons. The first-order valence-corrected chi connectivity index (χ1v) is 8.47. The number of imide groups is 1. The minimum absolute atomic E-state index is 0.111. The fourth-order valence-electron chi connectivity index (χ4n) is 1.15. The minimum Gasteiger partial charge on any atom is -0.295 e. The molecule has 0 bridgehead atoms. The van der Waals surface area contributed by atoms with Gasteiger partial charge in [0.25, 0.3) is 0 Å². The van der Waals surface area contributed by atoms with Gasteiger partial charge >= 0.3 is 0 Å². The van der Waals surface area contributed by atoms with Crippen molar-refractivity contribution in [2.75, 3.05) is 17.3 Å². The zero-order valence-corrected chi connectivity index (χ0v) is 11.1. The average Bonchev–Trinajstić information content (AvgIpc) is 2.51. The fraction of sp³-hybridized carbons (Fsp3) is 0.778. The van der Waals surface area contributed by atoms with Gasteiger partial charge in [0, 0.05) is 17.9 Å². The van der Waals surface area contributed by atoms with Crippen molar-refractivity contribution in [1.29, 1.82) is 0 Å². The Bertz CT molecular complexity index is 235. The Morgan fingerprint density at radius 1 is 1.33 bits per heavy atom. The van der Waals surface area contributed by atoms with Crippen LogP contribution in [0.4, 0.5) is 0 Å². The van der Waals surface area contributed by atoms with Crippen LogP contribution in [-0.4, -0.2) is 34.3 Å². The molecule has 0 spiro atoms. The predicted octanol–water partition coefficient (Wildman–Crippen LogP) is 1.93. The van der Waals surface area contributed by atoms with Crippen molar-refractivity contribution in [3.63, 3.8) is 0 Å². The number of rotatable bonds is 7. The van der Waals surface area contributed by atoms with Gasteiger partial charge in [0.1, 0.15) is 0 Å². The van der Waals surface area contributed by atoms with E-state index in [1.807, 2.05) is 21.6 Å². The van der Waals surface area contributed by atoms with Crippen LogP contribution in [0.5, 0.6) is 0 Å². The zero-order valence-electron chi connectivity index (χ0n) is 8.65. The second kappa shape index (κ2) is 7.46. The average molecular weight is 265 g/mol. The molecule has 1 rings (SSSR count). The molecule has 1 heterocycles. The molecule has 1 aliphatic heterocycles. The van der Waals surface area contributed by atoms with Gasteiger partial charge in [-0.3, -0.25) is 14.9 Å². The van der Waals surface area contributed by atoms with Gasteiger partial charge in [-0.25, -0.2) is 0 Å². The molecule has 0 aromatic rings. The molecule has 1 aliphatic rings. The van der Waals surface area contributed by atoms with Gasteiger partial charge in [-0.15, -0.1) is 11.8 Å². The lowest BCUT2D eigenvalue weighted by Gasteiger charge is -2.04. The van der Waals surface area contributed by atoms with Crippen LogP contribution in [0.1, 0.15) is 19.8 Å². The van der Waals surface area contributed by atoms with Gasteiger partial charge < -0.3 is 0 Å². The van der Waals surface area contributed by atoms with Crippen LogP contribution in [0.25, 0.3) is 0 Å². The lowest BCUT2D eigenvalue weighted by Crippen LogP contribution is -2.23. The highest BCUT2D eigenvalue weighted by Gasteiger charge is 2.30. The number of thioether (sulfide) groups is 1. The lowest BCUT2D eigenvalue weighted by molar-refractivity contribution is -0.124. The minimum atomic E-state index is -0.138. The Labute approximate surface area is 102 Å². The van der Waals surface area contributed by atoms with Crippen LogP contribution >= 0.6 is 33.3 Å². The third-order valence-electron chi connectivity index (χ3n) is 1.82. The summed E-state index contributed by atoms with van der Waals surface area (Å²) in [5.41, 5.74) is 0. The van der Waals surface area contributed by atoms with Crippen LogP contribution in [-0.2, 0) is 9.59 Å². The van der Waals surface area contributed by atoms with E-state index in [1.165, 1.54) is 0 Å². The molecule has 1 saturated heterocycles. The summed E-state index contributed by atoms with van der Waals surface area (Å²) in [6.45, 7) is 2.14. The molecule has 15 heavy (non-hydrogen) atoms. The molecule has 6 heteroatoms. The van der Waals surface area contributed by atoms with Gasteiger partial charge in [0.2, 0.25) is 11.8 Å². The Hall–Kier alpha value is 0.190. The maximum Gasteiger partial charge on any atom is 0.240 e. The normalized spacial score (nSPS) is 20.7. The SMILES string of the molecule is CCSSCCCSC1CC(=O)NC1=O. The van der Waals surface area contributed by atoms with Crippen LogP contribution in [0, 0.1) is 0 Å². The third-order valence-corrected chi connectivity index (χ3v) is 5.69. The van der Waals surface area contributed by atoms with Crippen molar-refractivity contribution in [2.24, 2.45) is 0 Å². The summed E-state index contributed by atoms with van der Waals surface area (Å²) in [5.74, 6) is 2.97. The number of nitrogens with one attached hydrogen (secondary N) is 1. The standard InChI is InChI=1S/C9H15NO2S3/c1-2-14-15-5-3-4-13-7-6-8(11)10-9(7)12/h7H,2-6H2,1H3,(H,10,11,12). The Morgan fingerprint density at radius 3 is 2.73 bits per heavy atom. The van der Waals surface area contributed by atoms with E-state index in [0.29, 0.717) is 6.42 Å². The highest BCUT2D eigenvalue weighted by atomic mass is 33.1. The predicted molar refractivity (Wildman–Crippen MR) is 69.2 cm³/mol. The highest BCUT2D eigenvalue weighted by Crippen LogP contribution is 2.24. The summed E-state index contributed by atoms with van der Waals surface area (Å²) in [4.78, 5) is 22.1. The maximum absolute atomic E-state index is 11.2. The van der Waals surface area contributed by atoms with Crippen LogP contribution < -0.4 is 5.32 Å². The largest absolute Gasteiger partial charge is 0.295 e. The molecule has 1 unspecified atom stereocenters. The summed E-state index contributed by atoms with van der Waals surface area (Å²) >= 11 is 1.60. The summed E-state index contributed by atoms with van der Waals surface area (Å²) in [5, 5.41) is 2.18. The van der Waals surface area contributed by atoms with Crippen LogP contribution in [0.15, 0.2) is 0 Å². The van der Waals surface area contributed by atoms with E-state index in [4.69, 9.17) is 0 Å². The first kappa shape index (κ1) is 13.3. The smallest absolute Gasteiger partial charge is 0.240 e. The van der Waals surface area contributed by atoms with Crippen molar-refractivity contribution >= 4 is 45.2 Å². The Balaban J connectivity index is 2.00. The third kappa shape index (κ3) is 5.17. The van der Waals surface area contributed by atoms with Gasteiger partial charge in [0.15, 0.2) is 0 Å². The van der Waals surface area contributed by atoms with Crippen molar-refractivity contribution < 1.29 is 9.59 Å².